The molecule has 0 unspecified atom stereocenters. The van der Waals surface area contributed by atoms with Crippen molar-refractivity contribution in [1.82, 2.24) is 0 Å². The average molecular weight is 196 g/mol. The number of nitrogens with zero attached hydrogens (tertiary/aromatic N) is 2. The molecule has 0 aliphatic carbocycles. The fourth-order valence-electron chi connectivity index (χ4n) is 0.609. The summed E-state index contributed by atoms with van der Waals surface area (Å²) in [4.78, 5) is 11.0. The van der Waals surface area contributed by atoms with E-state index in [2.05, 4.69) is 0 Å². The second-order valence-corrected chi connectivity index (χ2v) is 3.76. The van der Waals surface area contributed by atoms with Crippen molar-refractivity contribution >= 4 is 11.8 Å². The van der Waals surface area contributed by atoms with Crippen LogP contribution in [-0.4, -0.2) is 50.6 Å². The van der Waals surface area contributed by atoms with Gasteiger partial charge >= 0.3 is 5.97 Å². The van der Waals surface area contributed by atoms with Gasteiger partial charge < -0.3 is 9.22 Å². The lowest BCUT2D eigenvalue weighted by molar-refractivity contribution is -0.870. The molecule has 0 radical (unpaired) electrons. The summed E-state index contributed by atoms with van der Waals surface area (Å²) in [6, 6.07) is 1.54. The highest BCUT2D eigenvalue weighted by atomic mass is 16.5. The van der Waals surface area contributed by atoms with Gasteiger partial charge in [0.15, 0.2) is 5.57 Å². The molecule has 0 aliphatic rings. The van der Waals surface area contributed by atoms with E-state index in [1.54, 1.807) is 5.87 Å². The molecule has 0 saturated carbocycles. The zero-order chi connectivity index (χ0) is 11.2. The van der Waals surface area contributed by atoms with E-state index in [1.807, 2.05) is 21.1 Å². The third-order valence-electron chi connectivity index (χ3n) is 1.44. The number of nitrogens with one attached hydrogen (secondary N) is 1. The van der Waals surface area contributed by atoms with Crippen LogP contribution >= 0.6 is 0 Å². The van der Waals surface area contributed by atoms with E-state index in [1.165, 1.54) is 6.07 Å². The molecule has 0 heterocycles. The van der Waals surface area contributed by atoms with Crippen LogP contribution in [0.1, 0.15) is 0 Å². The Bertz CT molecular complexity index is 303. The van der Waals surface area contributed by atoms with Crippen molar-refractivity contribution in [2.45, 2.75) is 0 Å². The van der Waals surface area contributed by atoms with Gasteiger partial charge in [0, 0.05) is 5.87 Å². The maximum absolute atomic E-state index is 11.0. The van der Waals surface area contributed by atoms with Crippen molar-refractivity contribution in [2.24, 2.45) is 0 Å². The number of carbonyl (C=O) groups is 1. The minimum absolute atomic E-state index is 0.231. The van der Waals surface area contributed by atoms with Crippen LogP contribution in [0.25, 0.3) is 0 Å². The molecule has 0 amide bonds. The third-order valence-corrected chi connectivity index (χ3v) is 1.44. The zero-order valence-electron chi connectivity index (χ0n) is 8.63. The number of likely N-dealkylation sites (N-methyl/N-ethyl adjacent to an activating group) is 1. The minimum Gasteiger partial charge on any atom is -0.455 e. The van der Waals surface area contributed by atoms with Crippen molar-refractivity contribution in [2.75, 3.05) is 34.3 Å². The van der Waals surface area contributed by atoms with Gasteiger partial charge in [-0.25, -0.2) is 4.79 Å². The Morgan fingerprint density at radius 3 is 2.43 bits per heavy atom. The largest absolute Gasteiger partial charge is 0.455 e. The molecule has 0 aromatic rings. The molecular weight excluding hydrogens is 182 g/mol. The average Bonchev–Trinajstić information content (AvgIpc) is 2.04. The number of quaternary nitrogens is 1. The highest BCUT2D eigenvalue weighted by molar-refractivity contribution is 6.01. The van der Waals surface area contributed by atoms with Gasteiger partial charge in [-0.15, -0.1) is 0 Å². The van der Waals surface area contributed by atoms with E-state index in [0.29, 0.717) is 11.0 Å². The molecular formula is C9H14N3O2+. The first-order valence-electron chi connectivity index (χ1n) is 4.08. The lowest BCUT2D eigenvalue weighted by Crippen LogP contribution is -2.38. The normalized spacial score (nSPS) is 9.86. The minimum atomic E-state index is -0.782. The SMILES string of the molecule is C[N+](C)(C)CCOC(=O)C(=C=N)C#N. The smallest absolute Gasteiger partial charge is 0.358 e. The third kappa shape index (κ3) is 5.09. The molecule has 1 N–H and O–H groups in total. The maximum Gasteiger partial charge on any atom is 0.358 e. The molecule has 0 bridgehead atoms. The Morgan fingerprint density at radius 1 is 1.50 bits per heavy atom. The van der Waals surface area contributed by atoms with Gasteiger partial charge in [0.25, 0.3) is 0 Å². The predicted octanol–water partition coefficient (Wildman–Crippen LogP) is -0.0657. The molecule has 0 aliphatic heterocycles. The summed E-state index contributed by atoms with van der Waals surface area (Å²) in [5, 5.41) is 15.0. The van der Waals surface area contributed by atoms with Gasteiger partial charge in [-0.3, -0.25) is 5.41 Å². The molecule has 0 spiro atoms. The molecule has 0 saturated heterocycles. The van der Waals surface area contributed by atoms with Crippen LogP contribution in [0.5, 0.6) is 0 Å². The molecule has 14 heavy (non-hydrogen) atoms. The van der Waals surface area contributed by atoms with Crippen LogP contribution in [0, 0.1) is 16.7 Å². The quantitative estimate of drug-likeness (QED) is 0.225. The molecule has 0 aromatic carbocycles. The number of nitriles is 1. The first-order chi connectivity index (χ1) is 6.40. The van der Waals surface area contributed by atoms with Gasteiger partial charge in [0.2, 0.25) is 0 Å². The Labute approximate surface area is 83.3 Å². The molecule has 0 aromatic heterocycles. The standard InChI is InChI=1S/C9H14N3O2/c1-12(2,3)4-5-14-9(13)8(6-10)7-11/h10H,4-5H2,1-3H3/q+1. The number of esters is 1. The lowest BCUT2D eigenvalue weighted by atomic mass is 10.3. The van der Waals surface area contributed by atoms with Crippen molar-refractivity contribution in [1.29, 1.82) is 10.7 Å². The number of rotatable bonds is 4. The fraction of sp³-hybridized carbons (Fsp3) is 0.556. The monoisotopic (exact) mass is 196 g/mol. The van der Waals surface area contributed by atoms with Crippen LogP contribution in [0.2, 0.25) is 0 Å². The Balaban J connectivity index is 4.01. The maximum atomic E-state index is 11.0. The van der Waals surface area contributed by atoms with Crippen molar-refractivity contribution in [3.8, 4) is 6.07 Å². The molecule has 0 rings (SSSR count). The number of hydrogen-bond donors (Lipinski definition) is 1. The first-order valence-corrected chi connectivity index (χ1v) is 4.08. The van der Waals surface area contributed by atoms with Gasteiger partial charge in [-0.1, -0.05) is 0 Å². The van der Waals surface area contributed by atoms with Gasteiger partial charge in [-0.05, 0) is 0 Å². The molecule has 5 heteroatoms. The number of ether oxygens (including phenoxy) is 1. The molecule has 0 fully saturated rings. The predicted molar refractivity (Wildman–Crippen MR) is 50.7 cm³/mol. The van der Waals surface area contributed by atoms with E-state index < -0.39 is 11.5 Å². The molecule has 5 nitrogen and oxygen atoms in total. The van der Waals surface area contributed by atoms with Gasteiger partial charge in [0.1, 0.15) is 19.2 Å². The highest BCUT2D eigenvalue weighted by Gasteiger charge is 2.12. The van der Waals surface area contributed by atoms with E-state index >= 15 is 0 Å². The van der Waals surface area contributed by atoms with Crippen molar-refractivity contribution in [3.05, 3.63) is 5.57 Å². The molecule has 0 atom stereocenters. The van der Waals surface area contributed by atoms with E-state index in [0.717, 1.165) is 0 Å². The Hall–Kier alpha value is -1.63. The topological polar surface area (TPSA) is 73.9 Å². The summed E-state index contributed by atoms with van der Waals surface area (Å²) in [5.74, 6) is 0.944. The number of carbonyl (C=O) groups excluding carboxylic acids is 1. The first kappa shape index (κ1) is 12.4. The van der Waals surface area contributed by atoms with Gasteiger partial charge in [0.05, 0.1) is 21.1 Å². The fourth-order valence-corrected chi connectivity index (χ4v) is 0.609. The van der Waals surface area contributed by atoms with Crippen LogP contribution < -0.4 is 0 Å². The van der Waals surface area contributed by atoms with Crippen LogP contribution in [0.15, 0.2) is 5.57 Å². The van der Waals surface area contributed by atoms with E-state index in [4.69, 9.17) is 15.4 Å². The Kier molecular flexibility index (Phi) is 4.57. The van der Waals surface area contributed by atoms with E-state index in [-0.39, 0.29) is 6.61 Å². The van der Waals surface area contributed by atoms with Crippen LogP contribution in [-0.2, 0) is 9.53 Å². The van der Waals surface area contributed by atoms with Crippen molar-refractivity contribution < 1.29 is 14.0 Å². The van der Waals surface area contributed by atoms with Crippen LogP contribution in [0.3, 0.4) is 0 Å². The summed E-state index contributed by atoms with van der Waals surface area (Å²) in [6.45, 7) is 0.887. The second kappa shape index (κ2) is 5.18. The van der Waals surface area contributed by atoms with E-state index in [9.17, 15) is 4.79 Å². The summed E-state index contributed by atoms with van der Waals surface area (Å²) >= 11 is 0. The summed E-state index contributed by atoms with van der Waals surface area (Å²) in [6.07, 6.45) is 0. The summed E-state index contributed by atoms with van der Waals surface area (Å²) in [5.41, 5.74) is -0.397. The van der Waals surface area contributed by atoms with Crippen LogP contribution in [0.4, 0.5) is 0 Å². The summed E-state index contributed by atoms with van der Waals surface area (Å²) in [7, 11) is 5.89. The zero-order valence-corrected chi connectivity index (χ0v) is 8.63. The number of hydrogen-bond acceptors (Lipinski definition) is 4. The summed E-state index contributed by atoms with van der Waals surface area (Å²) < 4.78 is 5.44. The molecule has 76 valence electrons. The van der Waals surface area contributed by atoms with Gasteiger partial charge in [-0.2, -0.15) is 5.26 Å². The lowest BCUT2D eigenvalue weighted by Gasteiger charge is -2.23. The highest BCUT2D eigenvalue weighted by Crippen LogP contribution is 1.94. The second-order valence-electron chi connectivity index (χ2n) is 3.76. The van der Waals surface area contributed by atoms with Crippen molar-refractivity contribution in [3.63, 3.8) is 0 Å². The Morgan fingerprint density at radius 2 is 2.07 bits per heavy atom.